The van der Waals surface area contributed by atoms with Crippen molar-refractivity contribution in [2.24, 2.45) is 38.8 Å². The maximum Gasteiger partial charge on any atom is 0.237 e. The number of rotatable bonds is 9. The summed E-state index contributed by atoms with van der Waals surface area (Å²) in [6.45, 7) is 2.62. The van der Waals surface area contributed by atoms with Crippen LogP contribution in [0.4, 0.5) is 0 Å². The zero-order chi connectivity index (χ0) is 21.8. The van der Waals surface area contributed by atoms with E-state index in [2.05, 4.69) is 20.6 Å². The normalized spacial score (nSPS) is 23.0. The summed E-state index contributed by atoms with van der Waals surface area (Å²) >= 11 is 0. The number of nitrogens with one attached hydrogen (secondary N) is 2. The number of nitrogens with zero attached hydrogens (tertiary/aromatic N) is 2. The lowest BCUT2D eigenvalue weighted by atomic mass is 9.92. The smallest absolute Gasteiger partial charge is 0.237 e. The summed E-state index contributed by atoms with van der Waals surface area (Å²) in [5.74, 6) is -0.700. The van der Waals surface area contributed by atoms with Crippen LogP contribution in [0.15, 0.2) is 9.98 Å². The molecule has 0 spiro atoms. The minimum Gasteiger partial charge on any atom is -0.370 e. The van der Waals surface area contributed by atoms with Gasteiger partial charge in [-0.2, -0.15) is 0 Å². The van der Waals surface area contributed by atoms with Crippen LogP contribution in [0.25, 0.3) is 0 Å². The van der Waals surface area contributed by atoms with Gasteiger partial charge in [-0.25, -0.2) is 0 Å². The van der Waals surface area contributed by atoms with Crippen LogP contribution in [0, 0.1) is 5.92 Å². The quantitative estimate of drug-likeness (QED) is 0.143. The van der Waals surface area contributed by atoms with Gasteiger partial charge in [0, 0.05) is 32.0 Å². The molecular weight excluding hydrogens is 376 g/mol. The molecule has 164 valence electrons. The van der Waals surface area contributed by atoms with Gasteiger partial charge >= 0.3 is 0 Å². The zero-order valence-corrected chi connectivity index (χ0v) is 17.0. The van der Waals surface area contributed by atoms with Crippen molar-refractivity contribution in [3.05, 3.63) is 0 Å². The van der Waals surface area contributed by atoms with E-state index in [4.69, 9.17) is 22.9 Å². The SMILES string of the molecule is CC(=O)C1CCC(=O)[C@H](CCCN=C(N)N)NC(=O)[C@H](CCCN=C(N)N)NC1. The van der Waals surface area contributed by atoms with Crippen LogP contribution in [0.5, 0.6) is 0 Å². The average molecular weight is 411 g/mol. The van der Waals surface area contributed by atoms with E-state index in [1.807, 2.05) is 0 Å². The van der Waals surface area contributed by atoms with Crippen molar-refractivity contribution in [1.29, 1.82) is 0 Å². The van der Waals surface area contributed by atoms with Crippen LogP contribution in [0.2, 0.25) is 0 Å². The largest absolute Gasteiger partial charge is 0.370 e. The minimum atomic E-state index is -0.635. The molecule has 1 fully saturated rings. The average Bonchev–Trinajstić information content (AvgIpc) is 2.63. The topological polar surface area (TPSA) is 204 Å². The molecule has 0 bridgehead atoms. The Hall–Kier alpha value is -2.69. The molecule has 11 heteroatoms. The first-order chi connectivity index (χ1) is 13.7. The highest BCUT2D eigenvalue weighted by molar-refractivity contribution is 5.91. The van der Waals surface area contributed by atoms with Crippen molar-refractivity contribution in [1.82, 2.24) is 10.6 Å². The first-order valence-corrected chi connectivity index (χ1v) is 9.88. The fourth-order valence-corrected chi connectivity index (χ4v) is 3.14. The molecule has 1 saturated heterocycles. The van der Waals surface area contributed by atoms with Gasteiger partial charge in [0.1, 0.15) is 5.78 Å². The van der Waals surface area contributed by atoms with E-state index in [1.165, 1.54) is 6.92 Å². The number of hydrogen-bond donors (Lipinski definition) is 6. The highest BCUT2D eigenvalue weighted by atomic mass is 16.2. The molecule has 1 aliphatic rings. The summed E-state index contributed by atoms with van der Waals surface area (Å²) < 4.78 is 0. The Balaban J connectivity index is 2.83. The number of Topliss-reactive ketones (excluding diaryl/α,β-unsaturated/α-hetero) is 2. The first kappa shape index (κ1) is 24.3. The molecule has 1 aliphatic heterocycles. The van der Waals surface area contributed by atoms with E-state index in [0.717, 1.165) is 0 Å². The van der Waals surface area contributed by atoms with Gasteiger partial charge in [-0.1, -0.05) is 0 Å². The molecule has 1 amide bonds. The number of hydrogen-bond acceptors (Lipinski definition) is 6. The van der Waals surface area contributed by atoms with Crippen LogP contribution in [-0.4, -0.2) is 61.1 Å². The van der Waals surface area contributed by atoms with Gasteiger partial charge in [-0.3, -0.25) is 24.4 Å². The second-order valence-corrected chi connectivity index (χ2v) is 7.23. The van der Waals surface area contributed by atoms with Crippen LogP contribution < -0.4 is 33.6 Å². The molecule has 0 radical (unpaired) electrons. The zero-order valence-electron chi connectivity index (χ0n) is 17.0. The summed E-state index contributed by atoms with van der Waals surface area (Å²) in [4.78, 5) is 45.1. The molecule has 3 atom stereocenters. The van der Waals surface area contributed by atoms with Gasteiger partial charge in [0.25, 0.3) is 0 Å². The van der Waals surface area contributed by atoms with Crippen LogP contribution in [0.3, 0.4) is 0 Å². The number of nitrogens with two attached hydrogens (primary N) is 4. The Kier molecular flexibility index (Phi) is 10.7. The summed E-state index contributed by atoms with van der Waals surface area (Å²) in [6, 6.07) is -1.18. The van der Waals surface area contributed by atoms with Crippen molar-refractivity contribution in [3.63, 3.8) is 0 Å². The second kappa shape index (κ2) is 12.7. The number of aliphatic imine (C=N–C) groups is 2. The van der Waals surface area contributed by atoms with E-state index < -0.39 is 12.1 Å². The Labute approximate surface area is 171 Å². The molecule has 0 aromatic heterocycles. The van der Waals surface area contributed by atoms with E-state index in [1.54, 1.807) is 0 Å². The molecule has 11 nitrogen and oxygen atoms in total. The van der Waals surface area contributed by atoms with E-state index >= 15 is 0 Å². The van der Waals surface area contributed by atoms with Crippen LogP contribution >= 0.6 is 0 Å². The molecule has 0 aromatic carbocycles. The van der Waals surface area contributed by atoms with Crippen molar-refractivity contribution in [3.8, 4) is 0 Å². The summed E-state index contributed by atoms with van der Waals surface area (Å²) in [5, 5.41) is 6.00. The van der Waals surface area contributed by atoms with E-state index in [-0.39, 0.29) is 41.7 Å². The Morgan fingerprint density at radius 2 is 1.55 bits per heavy atom. The highest BCUT2D eigenvalue weighted by Gasteiger charge is 2.29. The molecule has 0 aromatic rings. The molecular formula is C18H34N8O3. The van der Waals surface area contributed by atoms with Crippen molar-refractivity contribution < 1.29 is 14.4 Å². The van der Waals surface area contributed by atoms with Gasteiger partial charge in [0.15, 0.2) is 17.7 Å². The predicted octanol–water partition coefficient (Wildman–Crippen LogP) is -1.90. The number of ketones is 2. The fraction of sp³-hybridized carbons (Fsp3) is 0.722. The lowest BCUT2D eigenvalue weighted by molar-refractivity contribution is -0.130. The van der Waals surface area contributed by atoms with Crippen molar-refractivity contribution in [2.75, 3.05) is 19.6 Å². The minimum absolute atomic E-state index is 0.00329. The monoisotopic (exact) mass is 410 g/mol. The second-order valence-electron chi connectivity index (χ2n) is 7.23. The third-order valence-corrected chi connectivity index (χ3v) is 4.84. The lowest BCUT2D eigenvalue weighted by Crippen LogP contribution is -2.52. The molecule has 1 unspecified atom stereocenters. The molecule has 0 aliphatic carbocycles. The Bertz CT molecular complexity index is 627. The van der Waals surface area contributed by atoms with Crippen LogP contribution in [0.1, 0.15) is 45.4 Å². The third-order valence-electron chi connectivity index (χ3n) is 4.84. The Morgan fingerprint density at radius 1 is 1.00 bits per heavy atom. The molecule has 1 heterocycles. The van der Waals surface area contributed by atoms with E-state index in [0.29, 0.717) is 51.7 Å². The number of guanidine groups is 2. The molecule has 0 saturated carbocycles. The molecule has 10 N–H and O–H groups in total. The van der Waals surface area contributed by atoms with Gasteiger partial charge in [-0.05, 0) is 39.0 Å². The summed E-state index contributed by atoms with van der Waals surface area (Å²) in [5.41, 5.74) is 21.3. The van der Waals surface area contributed by atoms with Crippen molar-refractivity contribution in [2.45, 2.75) is 57.5 Å². The van der Waals surface area contributed by atoms with Gasteiger partial charge in [0.2, 0.25) is 5.91 Å². The fourth-order valence-electron chi connectivity index (χ4n) is 3.14. The highest BCUT2D eigenvalue weighted by Crippen LogP contribution is 2.14. The number of carbonyl (C=O) groups excluding carboxylic acids is 3. The summed E-state index contributed by atoms with van der Waals surface area (Å²) in [7, 11) is 0. The van der Waals surface area contributed by atoms with Crippen LogP contribution in [-0.2, 0) is 14.4 Å². The maximum atomic E-state index is 12.8. The maximum absolute atomic E-state index is 12.8. The van der Waals surface area contributed by atoms with E-state index in [9.17, 15) is 14.4 Å². The molecule has 29 heavy (non-hydrogen) atoms. The molecule has 1 rings (SSSR count). The van der Waals surface area contributed by atoms with Gasteiger partial charge < -0.3 is 33.6 Å². The standard InChI is InChI=1S/C18H34N8O3/c1-11(27)12-6-7-15(28)13(4-2-8-23-17(19)20)26-16(29)14(25-10-12)5-3-9-24-18(21)22/h12-14,25H,2-10H2,1H3,(H,26,29)(H4,19,20,23)(H4,21,22,24)/t12?,13-,14-/m0/s1. The lowest BCUT2D eigenvalue weighted by Gasteiger charge is -2.27. The third kappa shape index (κ3) is 9.88. The predicted molar refractivity (Wildman–Crippen MR) is 112 cm³/mol. The van der Waals surface area contributed by atoms with Crippen molar-refractivity contribution >= 4 is 29.4 Å². The summed E-state index contributed by atoms with van der Waals surface area (Å²) in [6.07, 6.45) is 2.70. The Morgan fingerprint density at radius 3 is 2.07 bits per heavy atom. The van der Waals surface area contributed by atoms with Gasteiger partial charge in [-0.15, -0.1) is 0 Å². The number of carbonyl (C=O) groups is 3. The first-order valence-electron chi connectivity index (χ1n) is 9.88. The van der Waals surface area contributed by atoms with Gasteiger partial charge in [0.05, 0.1) is 12.1 Å². The number of amides is 1.